The summed E-state index contributed by atoms with van der Waals surface area (Å²) < 4.78 is 5.32. The molecule has 2 atom stereocenters. The second-order valence-electron chi connectivity index (χ2n) is 6.88. The topological polar surface area (TPSA) is 91.1 Å². The maximum atomic E-state index is 5.32. The van der Waals surface area contributed by atoms with Gasteiger partial charge in [0, 0.05) is 25.6 Å². The van der Waals surface area contributed by atoms with Gasteiger partial charge in [-0.05, 0) is 37.8 Å². The summed E-state index contributed by atoms with van der Waals surface area (Å²) in [7, 11) is 0. The number of aromatic amines is 1. The lowest BCUT2D eigenvalue weighted by atomic mass is 9.84. The summed E-state index contributed by atoms with van der Waals surface area (Å²) in [6, 6.07) is 4.21. The highest BCUT2D eigenvalue weighted by Gasteiger charge is 2.21. The van der Waals surface area contributed by atoms with Gasteiger partial charge in [-0.2, -0.15) is 5.10 Å². The maximum absolute atomic E-state index is 5.32. The van der Waals surface area contributed by atoms with Crippen LogP contribution in [-0.2, 0) is 6.42 Å². The van der Waals surface area contributed by atoms with Crippen LogP contribution >= 0.6 is 0 Å². The third kappa shape index (κ3) is 5.09. The Morgan fingerprint density at radius 1 is 1.38 bits per heavy atom. The number of aromatic nitrogens is 3. The zero-order chi connectivity index (χ0) is 18.2. The largest absolute Gasteiger partial charge is 0.461 e. The minimum Gasteiger partial charge on any atom is -0.461 e. The van der Waals surface area contributed by atoms with Gasteiger partial charge in [0.15, 0.2) is 11.7 Å². The fraction of sp³-hybridized carbons (Fsp3) is 0.632. The average Bonchev–Trinajstić information content (AvgIpc) is 3.33. The number of nitrogens with one attached hydrogen (secondary N) is 3. The summed E-state index contributed by atoms with van der Waals surface area (Å²) in [5, 5.41) is 14.1. The first-order valence-corrected chi connectivity index (χ1v) is 9.78. The fourth-order valence-corrected chi connectivity index (χ4v) is 3.50. The minimum atomic E-state index is 0.530. The van der Waals surface area contributed by atoms with Crippen LogP contribution in [0.25, 0.3) is 11.6 Å². The van der Waals surface area contributed by atoms with Crippen molar-refractivity contribution in [3.05, 3.63) is 24.2 Å². The van der Waals surface area contributed by atoms with Crippen LogP contribution in [0.5, 0.6) is 0 Å². The van der Waals surface area contributed by atoms with Gasteiger partial charge in [0.05, 0.1) is 6.26 Å². The van der Waals surface area contributed by atoms with Crippen molar-refractivity contribution < 1.29 is 4.42 Å². The number of hydrogen-bond donors (Lipinski definition) is 3. The molecule has 0 radical (unpaired) electrons. The molecule has 0 saturated heterocycles. The molecule has 142 valence electrons. The number of hydrogen-bond acceptors (Lipinski definition) is 4. The quantitative estimate of drug-likeness (QED) is 0.522. The fourth-order valence-electron chi connectivity index (χ4n) is 3.50. The lowest BCUT2D eigenvalue weighted by Crippen LogP contribution is -2.45. The molecule has 0 aliphatic heterocycles. The Labute approximate surface area is 155 Å². The Morgan fingerprint density at radius 2 is 2.31 bits per heavy atom. The molecule has 2 aromatic heterocycles. The van der Waals surface area contributed by atoms with E-state index in [4.69, 9.17) is 9.41 Å². The minimum absolute atomic E-state index is 0.530. The molecular formula is C19H30N6O. The first-order chi connectivity index (χ1) is 12.8. The zero-order valence-corrected chi connectivity index (χ0v) is 15.8. The van der Waals surface area contributed by atoms with Crippen molar-refractivity contribution in [3.8, 4) is 11.6 Å². The molecule has 2 unspecified atom stereocenters. The van der Waals surface area contributed by atoms with Crippen molar-refractivity contribution in [2.75, 3.05) is 13.1 Å². The van der Waals surface area contributed by atoms with Crippen molar-refractivity contribution in [1.29, 1.82) is 0 Å². The van der Waals surface area contributed by atoms with E-state index in [9.17, 15) is 0 Å². The van der Waals surface area contributed by atoms with E-state index in [-0.39, 0.29) is 0 Å². The van der Waals surface area contributed by atoms with E-state index in [2.05, 4.69) is 39.7 Å². The molecule has 7 nitrogen and oxygen atoms in total. The molecule has 1 fully saturated rings. The molecule has 1 saturated carbocycles. The van der Waals surface area contributed by atoms with Gasteiger partial charge in [-0.3, -0.25) is 10.1 Å². The summed E-state index contributed by atoms with van der Waals surface area (Å²) in [6.45, 7) is 5.91. The van der Waals surface area contributed by atoms with Crippen molar-refractivity contribution >= 4 is 5.96 Å². The van der Waals surface area contributed by atoms with Gasteiger partial charge in [0.1, 0.15) is 5.82 Å². The molecule has 0 bridgehead atoms. The lowest BCUT2D eigenvalue weighted by molar-refractivity contribution is 0.298. The van der Waals surface area contributed by atoms with Gasteiger partial charge < -0.3 is 15.1 Å². The predicted molar refractivity (Wildman–Crippen MR) is 103 cm³/mol. The van der Waals surface area contributed by atoms with E-state index in [1.54, 1.807) is 6.26 Å². The summed E-state index contributed by atoms with van der Waals surface area (Å²) in [5.74, 6) is 3.83. The predicted octanol–water partition coefficient (Wildman–Crippen LogP) is 3.13. The van der Waals surface area contributed by atoms with Crippen LogP contribution in [0.4, 0.5) is 0 Å². The molecule has 0 amide bonds. The van der Waals surface area contributed by atoms with Crippen molar-refractivity contribution in [1.82, 2.24) is 25.8 Å². The lowest BCUT2D eigenvalue weighted by Gasteiger charge is -2.30. The van der Waals surface area contributed by atoms with Gasteiger partial charge in [0.2, 0.25) is 5.82 Å². The second kappa shape index (κ2) is 9.40. The molecular weight excluding hydrogens is 328 g/mol. The molecule has 7 heteroatoms. The summed E-state index contributed by atoms with van der Waals surface area (Å²) in [5.41, 5.74) is 0. The molecule has 1 aliphatic carbocycles. The van der Waals surface area contributed by atoms with Crippen LogP contribution in [-0.4, -0.2) is 40.3 Å². The van der Waals surface area contributed by atoms with Crippen LogP contribution in [0.15, 0.2) is 27.8 Å². The van der Waals surface area contributed by atoms with E-state index in [0.29, 0.717) is 30.6 Å². The van der Waals surface area contributed by atoms with E-state index in [1.807, 2.05) is 12.1 Å². The van der Waals surface area contributed by atoms with E-state index >= 15 is 0 Å². The highest BCUT2D eigenvalue weighted by atomic mass is 16.3. The van der Waals surface area contributed by atoms with Crippen LogP contribution in [0.2, 0.25) is 0 Å². The van der Waals surface area contributed by atoms with Crippen LogP contribution in [0.3, 0.4) is 0 Å². The van der Waals surface area contributed by atoms with Crippen molar-refractivity contribution in [2.24, 2.45) is 10.9 Å². The smallest absolute Gasteiger partial charge is 0.216 e. The molecule has 3 rings (SSSR count). The highest BCUT2D eigenvalue weighted by molar-refractivity contribution is 5.80. The average molecular weight is 358 g/mol. The number of nitrogens with zero attached hydrogens (tertiary/aromatic N) is 3. The number of guanidine groups is 1. The second-order valence-corrected chi connectivity index (χ2v) is 6.88. The standard InChI is InChI=1S/C19H30N6O/c1-3-14-7-5-8-15(13-14)22-19(20-4-2)21-11-10-17-23-18(25-24-17)16-9-6-12-26-16/h6,9,12,14-15H,3-5,7-8,10-11,13H2,1-2H3,(H2,20,21,22)(H,23,24,25). The Morgan fingerprint density at radius 3 is 3.08 bits per heavy atom. The van der Waals surface area contributed by atoms with Crippen LogP contribution < -0.4 is 10.6 Å². The van der Waals surface area contributed by atoms with Crippen molar-refractivity contribution in [2.45, 2.75) is 58.4 Å². The first kappa shape index (κ1) is 18.5. The summed E-state index contributed by atoms with van der Waals surface area (Å²) in [6.07, 6.45) is 8.76. The molecule has 1 aliphatic rings. The zero-order valence-electron chi connectivity index (χ0n) is 15.8. The van der Waals surface area contributed by atoms with Crippen LogP contribution in [0.1, 0.15) is 51.8 Å². The molecule has 3 N–H and O–H groups in total. The Kier molecular flexibility index (Phi) is 6.68. The Balaban J connectivity index is 1.52. The van der Waals surface area contributed by atoms with Gasteiger partial charge >= 0.3 is 0 Å². The highest BCUT2D eigenvalue weighted by Crippen LogP contribution is 2.26. The summed E-state index contributed by atoms with van der Waals surface area (Å²) in [4.78, 5) is 9.17. The van der Waals surface area contributed by atoms with E-state index < -0.39 is 0 Å². The normalized spacial score (nSPS) is 20.9. The number of aliphatic imine (C=N–C) groups is 1. The Bertz CT molecular complexity index is 678. The van der Waals surface area contributed by atoms with Crippen molar-refractivity contribution in [3.63, 3.8) is 0 Å². The molecule has 2 aromatic rings. The SMILES string of the molecule is CCNC(=NCCc1nc(-c2ccco2)n[nH]1)NC1CCCC(CC)C1. The third-order valence-electron chi connectivity index (χ3n) is 4.94. The first-order valence-electron chi connectivity index (χ1n) is 9.78. The molecule has 26 heavy (non-hydrogen) atoms. The number of rotatable bonds is 7. The van der Waals surface area contributed by atoms with Crippen LogP contribution in [0, 0.1) is 5.92 Å². The molecule has 0 aromatic carbocycles. The van der Waals surface area contributed by atoms with E-state index in [0.717, 1.165) is 24.2 Å². The van der Waals surface area contributed by atoms with Gasteiger partial charge in [-0.15, -0.1) is 0 Å². The molecule has 2 heterocycles. The molecule has 0 spiro atoms. The van der Waals surface area contributed by atoms with Gasteiger partial charge in [-0.1, -0.05) is 26.2 Å². The van der Waals surface area contributed by atoms with Gasteiger partial charge in [-0.25, -0.2) is 4.98 Å². The number of H-pyrrole nitrogens is 1. The van der Waals surface area contributed by atoms with Gasteiger partial charge in [0.25, 0.3) is 0 Å². The third-order valence-corrected chi connectivity index (χ3v) is 4.94. The Hall–Kier alpha value is -2.31. The summed E-state index contributed by atoms with van der Waals surface area (Å²) >= 11 is 0. The monoisotopic (exact) mass is 358 g/mol. The maximum Gasteiger partial charge on any atom is 0.216 e. The van der Waals surface area contributed by atoms with E-state index in [1.165, 1.54) is 32.1 Å². The number of furan rings is 1.